The summed E-state index contributed by atoms with van der Waals surface area (Å²) in [7, 11) is 0. The lowest BCUT2D eigenvalue weighted by Gasteiger charge is -2.41. The molecule has 0 radical (unpaired) electrons. The van der Waals surface area contributed by atoms with Crippen LogP contribution < -0.4 is 5.32 Å². The average Bonchev–Trinajstić information content (AvgIpc) is 3.21. The summed E-state index contributed by atoms with van der Waals surface area (Å²) in [5, 5.41) is 17.2. The standard InChI is InChI=1S/C18H18N2O4/c21-15-4-1-3-13(7-15)17-8-14(20-24-17)9-18(11-22-12-18)19-10-16-5-2-6-23-16/h1-8,19,21H,9-12H2. The minimum absolute atomic E-state index is 0.153. The average molecular weight is 326 g/mol. The highest BCUT2D eigenvalue weighted by molar-refractivity contribution is 5.59. The molecule has 3 heterocycles. The summed E-state index contributed by atoms with van der Waals surface area (Å²) in [4.78, 5) is 0. The minimum Gasteiger partial charge on any atom is -0.508 e. The highest BCUT2D eigenvalue weighted by atomic mass is 16.5. The second-order valence-corrected chi connectivity index (χ2v) is 6.12. The molecule has 124 valence electrons. The molecule has 2 aromatic heterocycles. The summed E-state index contributed by atoms with van der Waals surface area (Å²) in [6, 6.07) is 12.7. The topological polar surface area (TPSA) is 80.7 Å². The van der Waals surface area contributed by atoms with Crippen LogP contribution in [0.3, 0.4) is 0 Å². The van der Waals surface area contributed by atoms with E-state index in [2.05, 4.69) is 10.5 Å². The maximum Gasteiger partial charge on any atom is 0.167 e. The number of hydrogen-bond acceptors (Lipinski definition) is 6. The molecule has 1 fully saturated rings. The molecular weight excluding hydrogens is 308 g/mol. The number of ether oxygens (including phenoxy) is 1. The van der Waals surface area contributed by atoms with E-state index in [4.69, 9.17) is 13.7 Å². The Morgan fingerprint density at radius 1 is 1.17 bits per heavy atom. The van der Waals surface area contributed by atoms with Crippen molar-refractivity contribution in [3.05, 3.63) is 60.2 Å². The summed E-state index contributed by atoms with van der Waals surface area (Å²) >= 11 is 0. The van der Waals surface area contributed by atoms with Crippen molar-refractivity contribution in [3.8, 4) is 17.1 Å². The predicted octanol–water partition coefficient (Wildman–Crippen LogP) is 2.74. The number of aromatic nitrogens is 1. The lowest BCUT2D eigenvalue weighted by atomic mass is 9.91. The van der Waals surface area contributed by atoms with Crippen molar-refractivity contribution in [2.45, 2.75) is 18.5 Å². The first-order chi connectivity index (χ1) is 11.7. The highest BCUT2D eigenvalue weighted by Crippen LogP contribution is 2.27. The van der Waals surface area contributed by atoms with Crippen LogP contribution >= 0.6 is 0 Å². The molecule has 0 bridgehead atoms. The first-order valence-corrected chi connectivity index (χ1v) is 7.83. The van der Waals surface area contributed by atoms with E-state index in [0.29, 0.717) is 31.9 Å². The van der Waals surface area contributed by atoms with Crippen molar-refractivity contribution >= 4 is 0 Å². The van der Waals surface area contributed by atoms with Gasteiger partial charge in [0.15, 0.2) is 5.76 Å². The molecule has 2 N–H and O–H groups in total. The third-order valence-electron chi connectivity index (χ3n) is 4.18. The third kappa shape index (κ3) is 3.06. The van der Waals surface area contributed by atoms with Crippen molar-refractivity contribution in [1.82, 2.24) is 10.5 Å². The number of nitrogens with zero attached hydrogens (tertiary/aromatic N) is 1. The second-order valence-electron chi connectivity index (χ2n) is 6.12. The van der Waals surface area contributed by atoms with Gasteiger partial charge in [0.1, 0.15) is 11.5 Å². The van der Waals surface area contributed by atoms with Gasteiger partial charge in [0.2, 0.25) is 0 Å². The Hall–Kier alpha value is -2.57. The number of phenolic OH excluding ortho intramolecular Hbond substituents is 1. The summed E-state index contributed by atoms with van der Waals surface area (Å²) in [5.41, 5.74) is 1.50. The van der Waals surface area contributed by atoms with E-state index in [-0.39, 0.29) is 11.3 Å². The van der Waals surface area contributed by atoms with Crippen LogP contribution in [0.2, 0.25) is 0 Å². The number of nitrogens with one attached hydrogen (secondary N) is 1. The first-order valence-electron chi connectivity index (χ1n) is 7.83. The van der Waals surface area contributed by atoms with E-state index in [0.717, 1.165) is 17.0 Å². The van der Waals surface area contributed by atoms with Gasteiger partial charge in [-0.1, -0.05) is 17.3 Å². The molecule has 1 aliphatic heterocycles. The molecule has 24 heavy (non-hydrogen) atoms. The number of phenols is 1. The molecule has 1 aromatic carbocycles. The first kappa shape index (κ1) is 15.0. The molecule has 1 aliphatic rings. The zero-order valence-corrected chi connectivity index (χ0v) is 13.1. The molecular formula is C18H18N2O4. The molecule has 0 unspecified atom stereocenters. The summed E-state index contributed by atoms with van der Waals surface area (Å²) < 4.78 is 16.2. The fourth-order valence-electron chi connectivity index (χ4n) is 2.84. The van der Waals surface area contributed by atoms with Crippen molar-refractivity contribution in [2.75, 3.05) is 13.2 Å². The second kappa shape index (κ2) is 6.14. The van der Waals surface area contributed by atoms with Gasteiger partial charge in [0.05, 0.1) is 37.3 Å². The smallest absolute Gasteiger partial charge is 0.167 e. The Labute approximate surface area is 139 Å². The van der Waals surface area contributed by atoms with Gasteiger partial charge in [-0.05, 0) is 24.3 Å². The van der Waals surface area contributed by atoms with Gasteiger partial charge in [-0.25, -0.2) is 0 Å². The lowest BCUT2D eigenvalue weighted by Crippen LogP contribution is -2.61. The van der Waals surface area contributed by atoms with Gasteiger partial charge in [-0.2, -0.15) is 0 Å². The van der Waals surface area contributed by atoms with Gasteiger partial charge in [0.25, 0.3) is 0 Å². The monoisotopic (exact) mass is 326 g/mol. The van der Waals surface area contributed by atoms with Crippen LogP contribution in [0.5, 0.6) is 5.75 Å². The molecule has 4 rings (SSSR count). The molecule has 1 saturated heterocycles. The fraction of sp³-hybridized carbons (Fsp3) is 0.278. The number of rotatable bonds is 6. The number of aromatic hydroxyl groups is 1. The zero-order chi connectivity index (χ0) is 16.4. The minimum atomic E-state index is -0.153. The van der Waals surface area contributed by atoms with E-state index < -0.39 is 0 Å². The Bertz CT molecular complexity index is 806. The van der Waals surface area contributed by atoms with Crippen molar-refractivity contribution in [1.29, 1.82) is 0 Å². The van der Waals surface area contributed by atoms with Gasteiger partial charge >= 0.3 is 0 Å². The van der Waals surface area contributed by atoms with E-state index >= 15 is 0 Å². The van der Waals surface area contributed by atoms with Gasteiger partial charge in [-0.15, -0.1) is 0 Å². The molecule has 6 heteroatoms. The van der Waals surface area contributed by atoms with E-state index in [9.17, 15) is 5.11 Å². The fourth-order valence-corrected chi connectivity index (χ4v) is 2.84. The molecule has 6 nitrogen and oxygen atoms in total. The Morgan fingerprint density at radius 3 is 2.79 bits per heavy atom. The SMILES string of the molecule is Oc1cccc(-c2cc(CC3(NCc4ccco4)COC3)no2)c1. The van der Waals surface area contributed by atoms with E-state index in [1.807, 2.05) is 24.3 Å². The van der Waals surface area contributed by atoms with Crippen molar-refractivity contribution in [3.63, 3.8) is 0 Å². The van der Waals surface area contributed by atoms with Gasteiger partial charge < -0.3 is 18.8 Å². The third-order valence-corrected chi connectivity index (χ3v) is 4.18. The molecule has 0 atom stereocenters. The summed E-state index contributed by atoms with van der Waals surface area (Å²) in [6.07, 6.45) is 2.37. The van der Waals surface area contributed by atoms with Crippen LogP contribution in [0.15, 0.2) is 57.7 Å². The van der Waals surface area contributed by atoms with Crippen molar-refractivity contribution < 1.29 is 18.8 Å². The van der Waals surface area contributed by atoms with Crippen LogP contribution in [-0.2, 0) is 17.7 Å². The van der Waals surface area contributed by atoms with Gasteiger partial charge in [-0.3, -0.25) is 5.32 Å². The molecule has 0 aliphatic carbocycles. The number of benzene rings is 1. The molecule has 0 amide bonds. The zero-order valence-electron chi connectivity index (χ0n) is 13.1. The Kier molecular flexibility index (Phi) is 3.84. The molecule has 0 saturated carbocycles. The summed E-state index contributed by atoms with van der Waals surface area (Å²) in [6.45, 7) is 1.90. The maximum atomic E-state index is 9.58. The lowest BCUT2D eigenvalue weighted by molar-refractivity contribution is -0.0761. The van der Waals surface area contributed by atoms with Crippen LogP contribution in [0.25, 0.3) is 11.3 Å². The predicted molar refractivity (Wildman–Crippen MR) is 86.4 cm³/mol. The summed E-state index contributed by atoms with van der Waals surface area (Å²) in [5.74, 6) is 1.73. The highest BCUT2D eigenvalue weighted by Gasteiger charge is 2.39. The largest absolute Gasteiger partial charge is 0.508 e. The van der Waals surface area contributed by atoms with Crippen LogP contribution in [0.4, 0.5) is 0 Å². The van der Waals surface area contributed by atoms with Crippen LogP contribution in [0, 0.1) is 0 Å². The maximum absolute atomic E-state index is 9.58. The van der Waals surface area contributed by atoms with Crippen LogP contribution in [-0.4, -0.2) is 29.0 Å². The van der Waals surface area contributed by atoms with E-state index in [1.54, 1.807) is 24.5 Å². The molecule has 3 aromatic rings. The number of hydrogen-bond donors (Lipinski definition) is 2. The normalized spacial score (nSPS) is 16.0. The van der Waals surface area contributed by atoms with Crippen LogP contribution in [0.1, 0.15) is 11.5 Å². The Balaban J connectivity index is 1.46. The quantitative estimate of drug-likeness (QED) is 0.725. The van der Waals surface area contributed by atoms with Gasteiger partial charge in [0, 0.05) is 18.1 Å². The Morgan fingerprint density at radius 2 is 2.08 bits per heavy atom. The number of furan rings is 1. The van der Waals surface area contributed by atoms with E-state index in [1.165, 1.54) is 0 Å². The molecule has 0 spiro atoms. The van der Waals surface area contributed by atoms with Crippen molar-refractivity contribution in [2.24, 2.45) is 0 Å².